The maximum atomic E-state index is 12.4. The van der Waals surface area contributed by atoms with Crippen LogP contribution >= 0.6 is 11.6 Å². The summed E-state index contributed by atoms with van der Waals surface area (Å²) in [6.45, 7) is 3.03. The molecule has 1 atom stereocenters. The third-order valence-corrected chi connectivity index (χ3v) is 6.02. The average molecular weight is 409 g/mol. The molecule has 1 saturated heterocycles. The van der Waals surface area contributed by atoms with Gasteiger partial charge in [0.15, 0.2) is 0 Å². The van der Waals surface area contributed by atoms with Gasteiger partial charge in [-0.1, -0.05) is 29.3 Å². The van der Waals surface area contributed by atoms with Crippen LogP contribution in [-0.4, -0.2) is 33.6 Å². The maximum absolute atomic E-state index is 12.4. The Kier molecular flexibility index (Phi) is 6.04. The van der Waals surface area contributed by atoms with Crippen molar-refractivity contribution in [2.75, 3.05) is 17.9 Å². The van der Waals surface area contributed by atoms with Crippen LogP contribution in [0.1, 0.15) is 28.8 Å². The van der Waals surface area contributed by atoms with Gasteiger partial charge in [0, 0.05) is 13.2 Å². The van der Waals surface area contributed by atoms with Crippen LogP contribution in [0.4, 0.5) is 5.69 Å². The number of hydrogen-bond donors (Lipinski definition) is 2. The van der Waals surface area contributed by atoms with Crippen molar-refractivity contribution >= 4 is 33.2 Å². The van der Waals surface area contributed by atoms with E-state index in [1.807, 2.05) is 6.92 Å². The molecule has 0 aromatic heterocycles. The Morgan fingerprint density at radius 1 is 1.22 bits per heavy atom. The minimum absolute atomic E-state index is 0.0355. The number of carbonyl (C=O) groups is 1. The van der Waals surface area contributed by atoms with Gasteiger partial charge in [-0.25, -0.2) is 8.42 Å². The van der Waals surface area contributed by atoms with E-state index in [0.29, 0.717) is 6.54 Å². The van der Waals surface area contributed by atoms with Crippen molar-refractivity contribution in [3.8, 4) is 0 Å². The molecule has 0 bridgehead atoms. The average Bonchev–Trinajstić information content (AvgIpc) is 3.13. The first-order chi connectivity index (χ1) is 12.8. The lowest BCUT2D eigenvalue weighted by molar-refractivity contribution is 0.0858. The number of carbonyl (C=O) groups excluding carboxylic acids is 1. The number of sulfonamides is 1. The summed E-state index contributed by atoms with van der Waals surface area (Å²) in [7, 11) is -3.73. The molecule has 0 aliphatic carbocycles. The molecule has 6 nitrogen and oxygen atoms in total. The Morgan fingerprint density at radius 3 is 2.59 bits per heavy atom. The molecule has 8 heteroatoms. The lowest BCUT2D eigenvalue weighted by Gasteiger charge is -2.13. The number of benzene rings is 2. The number of anilines is 1. The highest BCUT2D eigenvalue weighted by atomic mass is 35.5. The van der Waals surface area contributed by atoms with E-state index in [0.717, 1.165) is 25.0 Å². The topological polar surface area (TPSA) is 84.5 Å². The van der Waals surface area contributed by atoms with Crippen LogP contribution in [0.15, 0.2) is 47.4 Å². The molecule has 2 aromatic rings. The molecule has 144 valence electrons. The van der Waals surface area contributed by atoms with Crippen molar-refractivity contribution < 1.29 is 17.9 Å². The number of ether oxygens (including phenoxy) is 1. The van der Waals surface area contributed by atoms with Crippen LogP contribution in [0.2, 0.25) is 5.02 Å². The van der Waals surface area contributed by atoms with E-state index in [9.17, 15) is 13.2 Å². The van der Waals surface area contributed by atoms with Gasteiger partial charge in [-0.2, -0.15) is 0 Å². The highest BCUT2D eigenvalue weighted by molar-refractivity contribution is 7.92. The van der Waals surface area contributed by atoms with Crippen molar-refractivity contribution in [1.29, 1.82) is 0 Å². The molecule has 2 N–H and O–H groups in total. The SMILES string of the molecule is Cc1ccc(S(=O)(=O)Nc2ccc(C(=O)NC[C@H]3CCCO3)c(Cl)c2)cc1. The molecular formula is C19H21ClN2O4S. The number of amides is 1. The van der Waals surface area contributed by atoms with Gasteiger partial charge < -0.3 is 10.1 Å². The number of aryl methyl sites for hydroxylation is 1. The van der Waals surface area contributed by atoms with Gasteiger partial charge in [-0.3, -0.25) is 9.52 Å². The Labute approximate surface area is 163 Å². The third-order valence-electron chi connectivity index (χ3n) is 4.31. The molecule has 0 saturated carbocycles. The van der Waals surface area contributed by atoms with Gasteiger partial charge in [0.25, 0.3) is 15.9 Å². The first-order valence-electron chi connectivity index (χ1n) is 8.64. The summed E-state index contributed by atoms with van der Waals surface area (Å²) in [6, 6.07) is 11.0. The predicted octanol–water partition coefficient (Wildman–Crippen LogP) is 3.36. The summed E-state index contributed by atoms with van der Waals surface area (Å²) >= 11 is 6.19. The summed E-state index contributed by atoms with van der Waals surface area (Å²) in [5.74, 6) is -0.316. The fraction of sp³-hybridized carbons (Fsp3) is 0.316. The van der Waals surface area contributed by atoms with Crippen molar-refractivity contribution in [2.45, 2.75) is 30.8 Å². The fourth-order valence-electron chi connectivity index (χ4n) is 2.80. The van der Waals surface area contributed by atoms with E-state index < -0.39 is 10.0 Å². The van der Waals surface area contributed by atoms with Crippen LogP contribution < -0.4 is 10.0 Å². The second kappa shape index (κ2) is 8.29. The number of nitrogens with one attached hydrogen (secondary N) is 2. The number of hydrogen-bond acceptors (Lipinski definition) is 4. The summed E-state index contributed by atoms with van der Waals surface area (Å²) in [5.41, 5.74) is 1.54. The van der Waals surface area contributed by atoms with Gasteiger partial charge >= 0.3 is 0 Å². The first-order valence-corrected chi connectivity index (χ1v) is 10.5. The minimum Gasteiger partial charge on any atom is -0.376 e. The zero-order valence-corrected chi connectivity index (χ0v) is 16.4. The van der Waals surface area contributed by atoms with Crippen molar-refractivity contribution in [2.24, 2.45) is 0 Å². The molecule has 0 spiro atoms. The summed E-state index contributed by atoms with van der Waals surface area (Å²) in [6.07, 6.45) is 1.96. The predicted molar refractivity (Wildman–Crippen MR) is 105 cm³/mol. The minimum atomic E-state index is -3.73. The molecule has 1 amide bonds. The standard InChI is InChI=1S/C19H21ClN2O4S/c1-13-4-7-16(8-5-13)27(24,25)22-14-6-9-17(18(20)11-14)19(23)21-12-15-3-2-10-26-15/h4-9,11,15,22H,2-3,10,12H2,1H3,(H,21,23)/t15-/m1/s1. The highest BCUT2D eigenvalue weighted by Gasteiger charge is 2.19. The molecule has 1 fully saturated rings. The zero-order chi connectivity index (χ0) is 19.4. The summed E-state index contributed by atoms with van der Waals surface area (Å²) in [5, 5.41) is 2.96. The maximum Gasteiger partial charge on any atom is 0.261 e. The number of rotatable bonds is 6. The molecule has 2 aromatic carbocycles. The highest BCUT2D eigenvalue weighted by Crippen LogP contribution is 2.23. The van der Waals surface area contributed by atoms with Crippen LogP contribution in [-0.2, 0) is 14.8 Å². The molecule has 27 heavy (non-hydrogen) atoms. The van der Waals surface area contributed by atoms with E-state index in [2.05, 4.69) is 10.0 Å². The van der Waals surface area contributed by atoms with Gasteiger partial charge in [0.05, 0.1) is 27.3 Å². The van der Waals surface area contributed by atoms with E-state index in [4.69, 9.17) is 16.3 Å². The Bertz CT molecular complexity index is 923. The molecule has 1 heterocycles. The number of halogens is 1. The molecule has 1 aliphatic rings. The molecular weight excluding hydrogens is 388 g/mol. The van der Waals surface area contributed by atoms with Crippen molar-refractivity contribution in [1.82, 2.24) is 5.32 Å². The quantitative estimate of drug-likeness (QED) is 0.767. The second-order valence-corrected chi connectivity index (χ2v) is 8.55. The summed E-state index contributed by atoms with van der Waals surface area (Å²) < 4.78 is 32.8. The normalized spacial score (nSPS) is 16.9. The van der Waals surface area contributed by atoms with Crippen molar-refractivity contribution in [3.05, 3.63) is 58.6 Å². The van der Waals surface area contributed by atoms with Gasteiger partial charge in [-0.15, -0.1) is 0 Å². The zero-order valence-electron chi connectivity index (χ0n) is 14.9. The lowest BCUT2D eigenvalue weighted by Crippen LogP contribution is -2.31. The van der Waals surface area contributed by atoms with E-state index in [1.165, 1.54) is 30.3 Å². The summed E-state index contributed by atoms with van der Waals surface area (Å²) in [4.78, 5) is 12.4. The van der Waals surface area contributed by atoms with Crippen LogP contribution in [0.25, 0.3) is 0 Å². The molecule has 0 radical (unpaired) electrons. The smallest absolute Gasteiger partial charge is 0.261 e. The third kappa shape index (κ3) is 5.00. The van der Waals surface area contributed by atoms with E-state index in [-0.39, 0.29) is 33.2 Å². The molecule has 1 aliphatic heterocycles. The van der Waals surface area contributed by atoms with E-state index in [1.54, 1.807) is 12.1 Å². The first kappa shape index (κ1) is 19.7. The monoisotopic (exact) mass is 408 g/mol. The molecule has 0 unspecified atom stereocenters. The van der Waals surface area contributed by atoms with Crippen LogP contribution in [0.5, 0.6) is 0 Å². The van der Waals surface area contributed by atoms with Gasteiger partial charge in [0.1, 0.15) is 0 Å². The Morgan fingerprint density at radius 2 is 1.96 bits per heavy atom. The van der Waals surface area contributed by atoms with Gasteiger partial charge in [-0.05, 0) is 50.1 Å². The largest absolute Gasteiger partial charge is 0.376 e. The Hall–Kier alpha value is -2.09. The van der Waals surface area contributed by atoms with E-state index >= 15 is 0 Å². The Balaban J connectivity index is 1.68. The van der Waals surface area contributed by atoms with Crippen molar-refractivity contribution in [3.63, 3.8) is 0 Å². The van der Waals surface area contributed by atoms with Gasteiger partial charge in [0.2, 0.25) is 0 Å². The lowest BCUT2D eigenvalue weighted by atomic mass is 10.2. The van der Waals surface area contributed by atoms with Crippen LogP contribution in [0.3, 0.4) is 0 Å². The molecule has 3 rings (SSSR count). The van der Waals surface area contributed by atoms with Crippen LogP contribution in [0, 0.1) is 6.92 Å². The fourth-order valence-corrected chi connectivity index (χ4v) is 4.12. The second-order valence-electron chi connectivity index (χ2n) is 6.46.